The highest BCUT2D eigenvalue weighted by Gasteiger charge is 2.12. The monoisotopic (exact) mass is 191 g/mol. The zero-order valence-electron chi connectivity index (χ0n) is 6.87. The van der Waals surface area contributed by atoms with Gasteiger partial charge in [0.25, 0.3) is 0 Å². The number of carbonyl (C=O) groups excluding carboxylic acids is 2. The van der Waals surface area contributed by atoms with Crippen molar-refractivity contribution >= 4 is 23.8 Å². The van der Waals surface area contributed by atoms with Crippen LogP contribution in [0.3, 0.4) is 0 Å². The lowest BCUT2D eigenvalue weighted by Gasteiger charge is -2.08. The second kappa shape index (κ2) is 5.84. The van der Waals surface area contributed by atoms with E-state index in [0.29, 0.717) is 6.42 Å². The second-order valence-corrected chi connectivity index (χ2v) is 2.89. The van der Waals surface area contributed by atoms with E-state index in [-0.39, 0.29) is 12.3 Å². The van der Waals surface area contributed by atoms with Crippen LogP contribution in [-0.4, -0.2) is 24.1 Å². The van der Waals surface area contributed by atoms with Crippen LogP contribution in [0.5, 0.6) is 0 Å². The molecule has 0 rings (SSSR count). The molecule has 0 saturated carbocycles. The summed E-state index contributed by atoms with van der Waals surface area (Å²) in [6.07, 6.45) is 2.16. The molecule has 5 N–H and O–H groups in total. The topological polar surface area (TPSA) is 98.2 Å². The van der Waals surface area contributed by atoms with Crippen molar-refractivity contribution in [2.45, 2.75) is 18.9 Å². The smallest absolute Gasteiger partial charge is 0.246 e. The van der Waals surface area contributed by atoms with Crippen LogP contribution in [0.2, 0.25) is 0 Å². The summed E-state index contributed by atoms with van der Waals surface area (Å²) >= 11 is 1.18. The van der Waals surface area contributed by atoms with Crippen molar-refractivity contribution < 1.29 is 9.59 Å². The van der Waals surface area contributed by atoms with Gasteiger partial charge in [-0.25, -0.2) is 0 Å². The van der Waals surface area contributed by atoms with Crippen LogP contribution in [-0.2, 0) is 9.59 Å². The molecule has 0 aliphatic rings. The van der Waals surface area contributed by atoms with E-state index in [1.807, 2.05) is 0 Å². The van der Waals surface area contributed by atoms with E-state index in [1.54, 1.807) is 6.26 Å². The first-order valence-corrected chi connectivity index (χ1v) is 4.67. The van der Waals surface area contributed by atoms with Gasteiger partial charge in [0.15, 0.2) is 0 Å². The van der Waals surface area contributed by atoms with E-state index < -0.39 is 11.9 Å². The maximum atomic E-state index is 10.9. The minimum Gasteiger partial charge on any atom is -0.370 e. The molecule has 6 heteroatoms. The summed E-state index contributed by atoms with van der Waals surface area (Å²) < 4.78 is 2.47. The molecule has 0 aromatic heterocycles. The predicted octanol–water partition coefficient (Wildman–Crippen LogP) is -1.03. The van der Waals surface area contributed by atoms with Crippen molar-refractivity contribution in [2.75, 3.05) is 6.26 Å². The average Bonchev–Trinajstić information content (AvgIpc) is 2.00. The number of hydrogen-bond acceptors (Lipinski definition) is 4. The Bertz CT molecular complexity index is 174. The molecule has 0 aliphatic heterocycles. The van der Waals surface area contributed by atoms with Gasteiger partial charge >= 0.3 is 0 Å². The number of hydrogen-bond donors (Lipinski definition) is 3. The van der Waals surface area contributed by atoms with E-state index >= 15 is 0 Å². The van der Waals surface area contributed by atoms with Crippen LogP contribution in [0.25, 0.3) is 0 Å². The van der Waals surface area contributed by atoms with E-state index in [0.717, 1.165) is 0 Å². The highest BCUT2D eigenvalue weighted by molar-refractivity contribution is 7.97. The number of nitrogens with two attached hydrogens (primary N) is 2. The normalized spacial score (nSPS) is 12.2. The molecule has 70 valence electrons. The van der Waals surface area contributed by atoms with Gasteiger partial charge in [0.1, 0.15) is 0 Å². The van der Waals surface area contributed by atoms with Crippen molar-refractivity contribution in [1.29, 1.82) is 0 Å². The van der Waals surface area contributed by atoms with Crippen LogP contribution in [0.4, 0.5) is 0 Å². The van der Waals surface area contributed by atoms with Crippen LogP contribution < -0.4 is 16.2 Å². The van der Waals surface area contributed by atoms with Crippen molar-refractivity contribution in [1.82, 2.24) is 4.72 Å². The van der Waals surface area contributed by atoms with Crippen molar-refractivity contribution in [3.8, 4) is 0 Å². The molecule has 0 fully saturated rings. The van der Waals surface area contributed by atoms with Crippen LogP contribution in [0.15, 0.2) is 0 Å². The molecule has 1 unspecified atom stereocenters. The van der Waals surface area contributed by atoms with Gasteiger partial charge in [-0.15, -0.1) is 0 Å². The second-order valence-electron chi connectivity index (χ2n) is 2.28. The molecular formula is C6H13N3O2S. The predicted molar refractivity (Wildman–Crippen MR) is 48.1 cm³/mol. The minimum atomic E-state index is -0.648. The lowest BCUT2D eigenvalue weighted by molar-refractivity contribution is -0.121. The fourth-order valence-electron chi connectivity index (χ4n) is 0.605. The average molecular weight is 191 g/mol. The molecule has 12 heavy (non-hydrogen) atoms. The third-order valence-corrected chi connectivity index (χ3v) is 1.65. The summed E-state index contributed by atoms with van der Waals surface area (Å²) in [6, 6.07) is -0.648. The maximum absolute atomic E-state index is 10.9. The zero-order valence-corrected chi connectivity index (χ0v) is 7.69. The molecule has 0 heterocycles. The molecule has 0 bridgehead atoms. The molecule has 5 nitrogen and oxygen atoms in total. The number of rotatable bonds is 5. The summed E-state index contributed by atoms with van der Waals surface area (Å²) in [6.45, 7) is 0. The molecule has 0 aliphatic carbocycles. The Morgan fingerprint density at radius 3 is 2.58 bits per heavy atom. The fraction of sp³-hybridized carbons (Fsp3) is 0.667. The SMILES string of the molecule is CSNC(=O)C(N)CCC(N)=O. The third kappa shape index (κ3) is 4.97. The third-order valence-electron chi connectivity index (χ3n) is 1.24. The molecule has 0 aromatic rings. The number of nitrogens with one attached hydrogen (secondary N) is 1. The Morgan fingerprint density at radius 2 is 2.17 bits per heavy atom. The Morgan fingerprint density at radius 1 is 1.58 bits per heavy atom. The van der Waals surface area contributed by atoms with Crippen LogP contribution >= 0.6 is 11.9 Å². The lowest BCUT2D eigenvalue weighted by atomic mass is 10.1. The fourth-order valence-corrected chi connectivity index (χ4v) is 0.958. The molecule has 0 saturated heterocycles. The number of amides is 2. The Kier molecular flexibility index (Phi) is 5.48. The quantitative estimate of drug-likeness (QED) is 0.484. The van der Waals surface area contributed by atoms with Gasteiger partial charge in [0.05, 0.1) is 6.04 Å². The molecule has 0 radical (unpaired) electrons. The van der Waals surface area contributed by atoms with Gasteiger partial charge in [-0.2, -0.15) is 0 Å². The highest BCUT2D eigenvalue weighted by atomic mass is 32.2. The summed E-state index contributed by atoms with van der Waals surface area (Å²) in [7, 11) is 0. The first-order valence-electron chi connectivity index (χ1n) is 3.44. The van der Waals surface area contributed by atoms with Crippen molar-refractivity contribution in [3.63, 3.8) is 0 Å². The molecule has 0 aromatic carbocycles. The maximum Gasteiger partial charge on any atom is 0.246 e. The van der Waals surface area contributed by atoms with E-state index in [1.165, 1.54) is 11.9 Å². The first-order chi connectivity index (χ1) is 5.57. The summed E-state index contributed by atoms with van der Waals surface area (Å²) in [4.78, 5) is 21.3. The van der Waals surface area contributed by atoms with Crippen LogP contribution in [0, 0.1) is 0 Å². The minimum absolute atomic E-state index is 0.142. The molecule has 2 amide bonds. The molecule has 1 atom stereocenters. The first kappa shape index (κ1) is 11.2. The summed E-state index contributed by atoms with van der Waals surface area (Å²) in [5.41, 5.74) is 10.3. The van der Waals surface area contributed by atoms with E-state index in [4.69, 9.17) is 11.5 Å². The lowest BCUT2D eigenvalue weighted by Crippen LogP contribution is -2.38. The van der Waals surface area contributed by atoms with Gasteiger partial charge in [-0.05, 0) is 6.42 Å². The van der Waals surface area contributed by atoms with E-state index in [2.05, 4.69) is 4.72 Å². The van der Waals surface area contributed by atoms with Gasteiger partial charge in [-0.3, -0.25) is 14.3 Å². The van der Waals surface area contributed by atoms with Crippen LogP contribution in [0.1, 0.15) is 12.8 Å². The van der Waals surface area contributed by atoms with Gasteiger partial charge in [-0.1, -0.05) is 11.9 Å². The summed E-state index contributed by atoms with van der Waals surface area (Å²) in [5.74, 6) is -0.717. The van der Waals surface area contributed by atoms with Crippen molar-refractivity contribution in [3.05, 3.63) is 0 Å². The standard InChI is InChI=1S/C6H13N3O2S/c1-12-9-6(11)4(7)2-3-5(8)10/h4H,2-3,7H2,1H3,(H2,8,10)(H,9,11). The number of carbonyl (C=O) groups is 2. The van der Waals surface area contributed by atoms with Gasteiger partial charge in [0, 0.05) is 12.7 Å². The molecular weight excluding hydrogens is 178 g/mol. The van der Waals surface area contributed by atoms with Gasteiger partial charge in [0.2, 0.25) is 11.8 Å². The highest BCUT2D eigenvalue weighted by Crippen LogP contribution is 1.95. The van der Waals surface area contributed by atoms with Crippen molar-refractivity contribution in [2.24, 2.45) is 11.5 Å². The Balaban J connectivity index is 3.63. The summed E-state index contributed by atoms with van der Waals surface area (Å²) in [5, 5.41) is 0. The number of primary amides is 1. The van der Waals surface area contributed by atoms with Gasteiger partial charge < -0.3 is 11.5 Å². The Hall–Kier alpha value is -0.750. The van der Waals surface area contributed by atoms with E-state index in [9.17, 15) is 9.59 Å². The Labute approximate surface area is 75.4 Å². The zero-order chi connectivity index (χ0) is 9.56. The molecule has 0 spiro atoms. The largest absolute Gasteiger partial charge is 0.370 e.